The molecular weight excluding hydrogens is 176 g/mol. The van der Waals surface area contributed by atoms with Gasteiger partial charge in [-0.25, -0.2) is 0 Å². The van der Waals surface area contributed by atoms with Crippen LogP contribution in [0.2, 0.25) is 0 Å². The Morgan fingerprint density at radius 1 is 1.29 bits per heavy atom. The maximum atomic E-state index is 10.8. The van der Waals surface area contributed by atoms with Crippen LogP contribution in [0.3, 0.4) is 0 Å². The van der Waals surface area contributed by atoms with E-state index in [0.717, 1.165) is 17.4 Å². The van der Waals surface area contributed by atoms with Crippen molar-refractivity contribution >= 4 is 6.29 Å². The molecule has 0 radical (unpaired) electrons. The molecule has 0 aromatic heterocycles. The first-order valence-corrected chi connectivity index (χ1v) is 4.77. The predicted molar refractivity (Wildman–Crippen MR) is 57.1 cm³/mol. The van der Waals surface area contributed by atoms with E-state index in [0.29, 0.717) is 11.3 Å². The molecular formula is C12H16O2. The Kier molecular flexibility index (Phi) is 3.28. The van der Waals surface area contributed by atoms with E-state index in [2.05, 4.69) is 0 Å². The lowest BCUT2D eigenvalue weighted by Gasteiger charge is -2.14. The molecule has 0 amide bonds. The molecule has 0 aliphatic heterocycles. The van der Waals surface area contributed by atoms with E-state index in [1.807, 2.05) is 39.8 Å². The van der Waals surface area contributed by atoms with Crippen molar-refractivity contribution < 1.29 is 9.53 Å². The summed E-state index contributed by atoms with van der Waals surface area (Å²) in [7, 11) is 0. The van der Waals surface area contributed by atoms with Gasteiger partial charge in [0.1, 0.15) is 5.75 Å². The van der Waals surface area contributed by atoms with Gasteiger partial charge < -0.3 is 4.74 Å². The van der Waals surface area contributed by atoms with Gasteiger partial charge in [-0.2, -0.15) is 0 Å². The van der Waals surface area contributed by atoms with Crippen LogP contribution < -0.4 is 4.74 Å². The largest absolute Gasteiger partial charge is 0.490 e. The molecule has 0 saturated carbocycles. The lowest BCUT2D eigenvalue weighted by atomic mass is 10.1. The van der Waals surface area contributed by atoms with Crippen molar-refractivity contribution in [2.24, 2.45) is 0 Å². The summed E-state index contributed by atoms with van der Waals surface area (Å²) < 4.78 is 5.59. The van der Waals surface area contributed by atoms with E-state index < -0.39 is 0 Å². The van der Waals surface area contributed by atoms with E-state index in [1.165, 1.54) is 0 Å². The third-order valence-corrected chi connectivity index (χ3v) is 1.93. The second kappa shape index (κ2) is 4.27. The summed E-state index contributed by atoms with van der Waals surface area (Å²) in [6.45, 7) is 7.83. The van der Waals surface area contributed by atoms with Crippen molar-refractivity contribution in [1.29, 1.82) is 0 Å². The summed E-state index contributed by atoms with van der Waals surface area (Å²) >= 11 is 0. The number of ether oxygens (including phenoxy) is 1. The summed E-state index contributed by atoms with van der Waals surface area (Å²) in [4.78, 5) is 10.8. The fourth-order valence-electron chi connectivity index (χ4n) is 1.47. The molecule has 76 valence electrons. The van der Waals surface area contributed by atoms with Crippen LogP contribution in [0, 0.1) is 13.8 Å². The van der Waals surface area contributed by atoms with E-state index in [1.54, 1.807) is 0 Å². The van der Waals surface area contributed by atoms with Crippen LogP contribution in [-0.4, -0.2) is 12.4 Å². The number of hydrogen-bond donors (Lipinski definition) is 0. The molecule has 0 unspecified atom stereocenters. The number of aryl methyl sites for hydroxylation is 2. The molecule has 0 atom stereocenters. The lowest BCUT2D eigenvalue weighted by Crippen LogP contribution is -2.08. The van der Waals surface area contributed by atoms with Gasteiger partial charge in [-0.1, -0.05) is 6.07 Å². The Hall–Kier alpha value is -1.31. The van der Waals surface area contributed by atoms with Crippen molar-refractivity contribution in [1.82, 2.24) is 0 Å². The smallest absolute Gasteiger partial charge is 0.153 e. The number of hydrogen-bond acceptors (Lipinski definition) is 2. The third-order valence-electron chi connectivity index (χ3n) is 1.93. The third kappa shape index (κ3) is 2.34. The Balaban J connectivity index is 3.18. The monoisotopic (exact) mass is 192 g/mol. The maximum Gasteiger partial charge on any atom is 0.153 e. The van der Waals surface area contributed by atoms with Gasteiger partial charge in [0.15, 0.2) is 6.29 Å². The molecule has 1 aromatic rings. The van der Waals surface area contributed by atoms with Crippen molar-refractivity contribution in [3.8, 4) is 5.75 Å². The van der Waals surface area contributed by atoms with Crippen molar-refractivity contribution in [2.45, 2.75) is 33.8 Å². The van der Waals surface area contributed by atoms with Gasteiger partial charge in [-0.3, -0.25) is 4.79 Å². The summed E-state index contributed by atoms with van der Waals surface area (Å²) in [5.74, 6) is 0.709. The minimum atomic E-state index is 0.0927. The van der Waals surface area contributed by atoms with Gasteiger partial charge >= 0.3 is 0 Å². The highest BCUT2D eigenvalue weighted by Gasteiger charge is 2.08. The lowest BCUT2D eigenvalue weighted by molar-refractivity contribution is 0.111. The Morgan fingerprint density at radius 2 is 1.93 bits per heavy atom. The quantitative estimate of drug-likeness (QED) is 0.688. The fourth-order valence-corrected chi connectivity index (χ4v) is 1.47. The van der Waals surface area contributed by atoms with Gasteiger partial charge in [-0.05, 0) is 44.9 Å². The minimum absolute atomic E-state index is 0.0927. The van der Waals surface area contributed by atoms with Crippen LogP contribution in [0.4, 0.5) is 0 Å². The van der Waals surface area contributed by atoms with Crippen LogP contribution in [0.15, 0.2) is 12.1 Å². The van der Waals surface area contributed by atoms with Crippen LogP contribution >= 0.6 is 0 Å². The molecule has 0 bridgehead atoms. The first-order chi connectivity index (χ1) is 6.54. The number of rotatable bonds is 3. The molecule has 0 aliphatic carbocycles. The van der Waals surface area contributed by atoms with Crippen LogP contribution in [0.1, 0.15) is 35.3 Å². The maximum absolute atomic E-state index is 10.8. The number of aldehydes is 1. The van der Waals surface area contributed by atoms with Crippen molar-refractivity contribution in [3.63, 3.8) is 0 Å². The summed E-state index contributed by atoms with van der Waals surface area (Å²) in [5.41, 5.74) is 2.73. The minimum Gasteiger partial charge on any atom is -0.490 e. The Labute approximate surface area is 84.9 Å². The van der Waals surface area contributed by atoms with Gasteiger partial charge in [-0.15, -0.1) is 0 Å². The average Bonchev–Trinajstić information content (AvgIpc) is 2.08. The van der Waals surface area contributed by atoms with E-state index in [4.69, 9.17) is 4.74 Å². The van der Waals surface area contributed by atoms with Crippen LogP contribution in [0.5, 0.6) is 5.75 Å². The molecule has 0 N–H and O–H groups in total. The molecule has 1 aromatic carbocycles. The number of carbonyl (C=O) groups excluding carboxylic acids is 1. The number of benzene rings is 1. The highest BCUT2D eigenvalue weighted by molar-refractivity contribution is 5.80. The Bertz CT molecular complexity index is 340. The molecule has 0 heterocycles. The number of carbonyl (C=O) groups is 1. The van der Waals surface area contributed by atoms with E-state index in [-0.39, 0.29) is 6.10 Å². The highest BCUT2D eigenvalue weighted by atomic mass is 16.5. The average molecular weight is 192 g/mol. The first-order valence-electron chi connectivity index (χ1n) is 4.77. The normalized spacial score (nSPS) is 10.4. The summed E-state index contributed by atoms with van der Waals surface area (Å²) in [5, 5.41) is 0. The second-order valence-corrected chi connectivity index (χ2v) is 3.78. The van der Waals surface area contributed by atoms with Crippen LogP contribution in [-0.2, 0) is 0 Å². The molecule has 0 saturated heterocycles. The molecule has 0 spiro atoms. The molecule has 2 nitrogen and oxygen atoms in total. The topological polar surface area (TPSA) is 26.3 Å². The van der Waals surface area contributed by atoms with Gasteiger partial charge in [0.05, 0.1) is 11.7 Å². The SMILES string of the molecule is Cc1cc(C)c(OC(C)C)c(C=O)c1. The van der Waals surface area contributed by atoms with E-state index in [9.17, 15) is 4.79 Å². The standard InChI is InChI=1S/C12H16O2/c1-8(2)14-12-10(4)5-9(3)6-11(12)7-13/h5-8H,1-4H3. The van der Waals surface area contributed by atoms with Gasteiger partial charge in [0.25, 0.3) is 0 Å². The first kappa shape index (κ1) is 10.8. The van der Waals surface area contributed by atoms with Crippen LogP contribution in [0.25, 0.3) is 0 Å². The van der Waals surface area contributed by atoms with E-state index >= 15 is 0 Å². The van der Waals surface area contributed by atoms with Crippen molar-refractivity contribution in [3.05, 3.63) is 28.8 Å². The second-order valence-electron chi connectivity index (χ2n) is 3.78. The molecule has 0 fully saturated rings. The molecule has 0 aliphatic rings. The van der Waals surface area contributed by atoms with Crippen molar-refractivity contribution in [2.75, 3.05) is 0 Å². The molecule has 2 heteroatoms. The molecule has 1 rings (SSSR count). The predicted octanol–water partition coefficient (Wildman–Crippen LogP) is 2.90. The summed E-state index contributed by atoms with van der Waals surface area (Å²) in [6.07, 6.45) is 0.938. The highest BCUT2D eigenvalue weighted by Crippen LogP contribution is 2.24. The zero-order valence-electron chi connectivity index (χ0n) is 9.13. The van der Waals surface area contributed by atoms with Gasteiger partial charge in [0.2, 0.25) is 0 Å². The van der Waals surface area contributed by atoms with Gasteiger partial charge in [0, 0.05) is 0 Å². The Morgan fingerprint density at radius 3 is 2.43 bits per heavy atom. The summed E-state index contributed by atoms with van der Waals surface area (Å²) in [6, 6.07) is 3.86. The molecule has 14 heavy (non-hydrogen) atoms. The zero-order chi connectivity index (χ0) is 10.7. The zero-order valence-corrected chi connectivity index (χ0v) is 9.13. The fraction of sp³-hybridized carbons (Fsp3) is 0.417.